The number of carbonyl (C=O) groups excluding carboxylic acids is 1. The molecule has 1 aliphatic heterocycles. The third-order valence-corrected chi connectivity index (χ3v) is 3.12. The molecule has 94 valence electrons. The standard InChI is InChI=1S/C14H16N2O2/c1-15-10-13-8-5-9-16(13)14(17)18-11-12-6-3-2-4-7-12/h2-4,6-7,13H,5,8-11H2/t13-/m0/s1. The first-order chi connectivity index (χ1) is 8.81. The summed E-state index contributed by atoms with van der Waals surface area (Å²) in [5.74, 6) is 0. The Balaban J connectivity index is 1.86. The summed E-state index contributed by atoms with van der Waals surface area (Å²) < 4.78 is 5.27. The van der Waals surface area contributed by atoms with Gasteiger partial charge in [0.25, 0.3) is 0 Å². The first kappa shape index (κ1) is 12.4. The molecule has 18 heavy (non-hydrogen) atoms. The van der Waals surface area contributed by atoms with Crippen LogP contribution in [0.2, 0.25) is 0 Å². The predicted molar refractivity (Wildman–Crippen MR) is 67.8 cm³/mol. The minimum Gasteiger partial charge on any atom is -0.445 e. The number of likely N-dealkylation sites (tertiary alicyclic amines) is 1. The maximum absolute atomic E-state index is 11.9. The normalized spacial score (nSPS) is 18.4. The van der Waals surface area contributed by atoms with Crippen LogP contribution in [-0.2, 0) is 11.3 Å². The molecule has 1 aliphatic rings. The van der Waals surface area contributed by atoms with Gasteiger partial charge in [0.1, 0.15) is 12.6 Å². The van der Waals surface area contributed by atoms with Crippen molar-refractivity contribution in [2.24, 2.45) is 0 Å². The minimum atomic E-state index is -0.301. The Bertz CT molecular complexity index is 439. The fraction of sp³-hybridized carbons (Fsp3) is 0.429. The van der Waals surface area contributed by atoms with Gasteiger partial charge in [0, 0.05) is 6.54 Å². The van der Waals surface area contributed by atoms with E-state index in [2.05, 4.69) is 4.85 Å². The van der Waals surface area contributed by atoms with Crippen molar-refractivity contribution in [1.29, 1.82) is 0 Å². The molecule has 1 amide bonds. The van der Waals surface area contributed by atoms with Gasteiger partial charge in [-0.25, -0.2) is 11.4 Å². The molecular weight excluding hydrogens is 228 g/mol. The Morgan fingerprint density at radius 1 is 1.44 bits per heavy atom. The molecule has 2 rings (SSSR count). The minimum absolute atomic E-state index is 0.0331. The summed E-state index contributed by atoms with van der Waals surface area (Å²) in [6, 6.07) is 9.65. The molecule has 1 heterocycles. The highest BCUT2D eigenvalue weighted by atomic mass is 16.6. The molecule has 1 atom stereocenters. The second-order valence-electron chi connectivity index (χ2n) is 4.37. The van der Waals surface area contributed by atoms with Gasteiger partial charge in [-0.2, -0.15) is 0 Å². The van der Waals surface area contributed by atoms with E-state index in [1.165, 1.54) is 0 Å². The Morgan fingerprint density at radius 2 is 2.22 bits per heavy atom. The van der Waals surface area contributed by atoms with Crippen molar-refractivity contribution in [2.45, 2.75) is 25.5 Å². The zero-order valence-electron chi connectivity index (χ0n) is 10.2. The number of hydrogen-bond acceptors (Lipinski definition) is 2. The lowest BCUT2D eigenvalue weighted by atomic mass is 10.2. The van der Waals surface area contributed by atoms with Crippen LogP contribution < -0.4 is 0 Å². The van der Waals surface area contributed by atoms with E-state index < -0.39 is 0 Å². The quantitative estimate of drug-likeness (QED) is 0.766. The van der Waals surface area contributed by atoms with Crippen LogP contribution >= 0.6 is 0 Å². The van der Waals surface area contributed by atoms with Crippen LogP contribution in [0, 0.1) is 6.57 Å². The zero-order valence-corrected chi connectivity index (χ0v) is 10.2. The topological polar surface area (TPSA) is 33.9 Å². The summed E-state index contributed by atoms with van der Waals surface area (Å²) in [4.78, 5) is 17.0. The predicted octanol–water partition coefficient (Wildman–Crippen LogP) is 2.71. The molecule has 0 aliphatic carbocycles. The fourth-order valence-corrected chi connectivity index (χ4v) is 2.17. The lowest BCUT2D eigenvalue weighted by molar-refractivity contribution is 0.0940. The maximum Gasteiger partial charge on any atom is 0.410 e. The fourth-order valence-electron chi connectivity index (χ4n) is 2.17. The van der Waals surface area contributed by atoms with Crippen molar-refractivity contribution in [3.8, 4) is 0 Å². The van der Waals surface area contributed by atoms with Crippen LogP contribution in [0.5, 0.6) is 0 Å². The van der Waals surface area contributed by atoms with Gasteiger partial charge >= 0.3 is 6.09 Å². The van der Waals surface area contributed by atoms with Crippen LogP contribution in [-0.4, -0.2) is 30.1 Å². The average Bonchev–Trinajstić information content (AvgIpc) is 2.86. The third-order valence-electron chi connectivity index (χ3n) is 3.12. The van der Waals surface area contributed by atoms with Gasteiger partial charge < -0.3 is 9.58 Å². The lowest BCUT2D eigenvalue weighted by Gasteiger charge is -2.20. The maximum atomic E-state index is 11.9. The van der Waals surface area contributed by atoms with Crippen molar-refractivity contribution >= 4 is 6.09 Å². The van der Waals surface area contributed by atoms with E-state index in [9.17, 15) is 4.79 Å². The molecule has 0 unspecified atom stereocenters. The monoisotopic (exact) mass is 244 g/mol. The molecule has 1 aromatic carbocycles. The lowest BCUT2D eigenvalue weighted by Crippen LogP contribution is -2.37. The zero-order chi connectivity index (χ0) is 12.8. The molecule has 0 saturated carbocycles. The first-order valence-corrected chi connectivity index (χ1v) is 6.12. The van der Waals surface area contributed by atoms with E-state index in [4.69, 9.17) is 11.3 Å². The van der Waals surface area contributed by atoms with Gasteiger partial charge in [0.15, 0.2) is 0 Å². The van der Waals surface area contributed by atoms with E-state index in [0.29, 0.717) is 19.7 Å². The highest BCUT2D eigenvalue weighted by molar-refractivity contribution is 5.68. The summed E-state index contributed by atoms with van der Waals surface area (Å²) >= 11 is 0. The SMILES string of the molecule is [C-]#[N+]C[C@@H]1CCCN1C(=O)OCc1ccccc1. The van der Waals surface area contributed by atoms with Gasteiger partial charge in [0.2, 0.25) is 6.54 Å². The van der Waals surface area contributed by atoms with Crippen LogP contribution in [0.3, 0.4) is 0 Å². The summed E-state index contributed by atoms with van der Waals surface area (Å²) in [5.41, 5.74) is 0.978. The number of hydrogen-bond donors (Lipinski definition) is 0. The van der Waals surface area contributed by atoms with Crippen molar-refractivity contribution < 1.29 is 9.53 Å². The number of ether oxygens (including phenoxy) is 1. The van der Waals surface area contributed by atoms with Gasteiger partial charge in [-0.15, -0.1) is 0 Å². The molecule has 0 bridgehead atoms. The largest absolute Gasteiger partial charge is 0.445 e. The molecular formula is C14H16N2O2. The highest BCUT2D eigenvalue weighted by Gasteiger charge is 2.31. The number of rotatable bonds is 3. The van der Waals surface area contributed by atoms with Gasteiger partial charge in [0.05, 0.1) is 0 Å². The smallest absolute Gasteiger partial charge is 0.410 e. The second kappa shape index (κ2) is 6.06. The molecule has 1 saturated heterocycles. The summed E-state index contributed by atoms with van der Waals surface area (Å²) in [7, 11) is 0. The Hall–Kier alpha value is -2.02. The van der Waals surface area contributed by atoms with Crippen LogP contribution in [0.4, 0.5) is 4.79 Å². The number of carbonyl (C=O) groups is 1. The molecule has 4 nitrogen and oxygen atoms in total. The van der Waals surface area contributed by atoms with Crippen molar-refractivity contribution in [3.63, 3.8) is 0 Å². The molecule has 4 heteroatoms. The van der Waals surface area contributed by atoms with Crippen LogP contribution in [0.25, 0.3) is 4.85 Å². The second-order valence-corrected chi connectivity index (χ2v) is 4.37. The Morgan fingerprint density at radius 3 is 2.94 bits per heavy atom. The summed E-state index contributed by atoms with van der Waals surface area (Å²) in [6.45, 7) is 8.25. The van der Waals surface area contributed by atoms with E-state index in [1.807, 2.05) is 30.3 Å². The molecule has 0 radical (unpaired) electrons. The van der Waals surface area contributed by atoms with Gasteiger partial charge in [-0.3, -0.25) is 4.90 Å². The number of nitrogens with zero attached hydrogens (tertiary/aromatic N) is 2. The van der Waals surface area contributed by atoms with Crippen LogP contribution in [0.1, 0.15) is 18.4 Å². The van der Waals surface area contributed by atoms with Crippen LogP contribution in [0.15, 0.2) is 30.3 Å². The number of amides is 1. The molecule has 0 N–H and O–H groups in total. The summed E-state index contributed by atoms with van der Waals surface area (Å²) in [5, 5.41) is 0. The highest BCUT2D eigenvalue weighted by Crippen LogP contribution is 2.19. The first-order valence-electron chi connectivity index (χ1n) is 6.12. The number of benzene rings is 1. The van der Waals surface area contributed by atoms with Gasteiger partial charge in [-0.1, -0.05) is 30.3 Å². The van der Waals surface area contributed by atoms with Crippen molar-refractivity contribution in [1.82, 2.24) is 4.90 Å². The van der Waals surface area contributed by atoms with E-state index >= 15 is 0 Å². The third kappa shape index (κ3) is 3.01. The van der Waals surface area contributed by atoms with Crippen molar-refractivity contribution in [2.75, 3.05) is 13.1 Å². The van der Waals surface area contributed by atoms with Gasteiger partial charge in [-0.05, 0) is 18.4 Å². The Labute approximate surface area is 107 Å². The van der Waals surface area contributed by atoms with E-state index in [0.717, 1.165) is 18.4 Å². The molecule has 0 spiro atoms. The van der Waals surface area contributed by atoms with Crippen molar-refractivity contribution in [3.05, 3.63) is 47.3 Å². The average molecular weight is 244 g/mol. The molecule has 1 fully saturated rings. The Kier molecular flexibility index (Phi) is 4.19. The van der Waals surface area contributed by atoms with E-state index in [-0.39, 0.29) is 12.1 Å². The molecule has 1 aromatic rings. The summed E-state index contributed by atoms with van der Waals surface area (Å²) in [6.07, 6.45) is 1.56. The molecule has 0 aromatic heterocycles. The van der Waals surface area contributed by atoms with E-state index in [1.54, 1.807) is 4.90 Å².